The highest BCUT2D eigenvalue weighted by molar-refractivity contribution is 7.92. The van der Waals surface area contributed by atoms with E-state index in [1.54, 1.807) is 74.7 Å². The Morgan fingerprint density at radius 2 is 1.38 bits per heavy atom. The Hall–Kier alpha value is -4.83. The summed E-state index contributed by atoms with van der Waals surface area (Å²) in [6.45, 7) is 5.56. The third-order valence-corrected chi connectivity index (χ3v) is 8.84. The first-order valence-corrected chi connectivity index (χ1v) is 16.1. The smallest absolute Gasteiger partial charge is 0.264 e. The number of hydrogen-bond donors (Lipinski definition) is 1. The van der Waals surface area contributed by atoms with E-state index < -0.39 is 28.5 Å². The van der Waals surface area contributed by atoms with Crippen molar-refractivity contribution in [1.29, 1.82) is 0 Å². The largest absolute Gasteiger partial charge is 0.497 e. The van der Waals surface area contributed by atoms with Gasteiger partial charge < -0.3 is 19.7 Å². The Kier molecular flexibility index (Phi) is 11.2. The molecule has 0 saturated carbocycles. The summed E-state index contributed by atoms with van der Waals surface area (Å²) in [5.41, 5.74) is 0.997. The van der Waals surface area contributed by atoms with Gasteiger partial charge in [-0.05, 0) is 79.1 Å². The molecule has 4 aromatic carbocycles. The van der Waals surface area contributed by atoms with Gasteiger partial charge in [-0.15, -0.1) is 0 Å². The first kappa shape index (κ1) is 33.1. The van der Waals surface area contributed by atoms with E-state index in [0.29, 0.717) is 23.8 Å². The fraction of sp³-hybridized carbons (Fsp3) is 0.257. The Bertz CT molecular complexity index is 1660. The summed E-state index contributed by atoms with van der Waals surface area (Å²) in [7, 11) is -2.63. The molecule has 0 aliphatic carbocycles. The standard InChI is InChI=1S/C35H39N3O6S/c1-26(2)23-36-35(40)27(3)37(24-28-12-11-15-32(22-28)43-4)34(39)25-38(45(41,42)33-16-9-6-10-17-33)29-18-20-31(21-19-29)44-30-13-7-5-8-14-30/h5-22,26-27H,23-25H2,1-4H3,(H,36,40)/t27-/m1/s1. The van der Waals surface area contributed by atoms with E-state index >= 15 is 0 Å². The second-order valence-corrected chi connectivity index (χ2v) is 12.8. The lowest BCUT2D eigenvalue weighted by atomic mass is 10.1. The van der Waals surface area contributed by atoms with Crippen LogP contribution >= 0.6 is 0 Å². The lowest BCUT2D eigenvalue weighted by molar-refractivity contribution is -0.139. The van der Waals surface area contributed by atoms with Crippen LogP contribution in [0.3, 0.4) is 0 Å². The average Bonchev–Trinajstić information content (AvgIpc) is 3.06. The van der Waals surface area contributed by atoms with Gasteiger partial charge in [-0.25, -0.2) is 8.42 Å². The van der Waals surface area contributed by atoms with Crippen LogP contribution < -0.4 is 19.1 Å². The quantitative estimate of drug-likeness (QED) is 0.187. The second kappa shape index (κ2) is 15.3. The SMILES string of the molecule is COc1cccc(CN(C(=O)CN(c2ccc(Oc3ccccc3)cc2)S(=O)(=O)c2ccccc2)[C@H](C)C(=O)NCC(C)C)c1. The van der Waals surface area contributed by atoms with Crippen LogP contribution in [0.4, 0.5) is 5.69 Å². The van der Waals surface area contributed by atoms with Gasteiger partial charge in [0.05, 0.1) is 17.7 Å². The number of methoxy groups -OCH3 is 1. The van der Waals surface area contributed by atoms with Gasteiger partial charge in [-0.3, -0.25) is 13.9 Å². The van der Waals surface area contributed by atoms with Crippen molar-refractivity contribution in [2.45, 2.75) is 38.3 Å². The summed E-state index contributed by atoms with van der Waals surface area (Å²) in [5.74, 6) is 1.07. The highest BCUT2D eigenvalue weighted by atomic mass is 32.2. The van der Waals surface area contributed by atoms with Crippen molar-refractivity contribution in [2.75, 3.05) is 24.5 Å². The van der Waals surface area contributed by atoms with Crippen LogP contribution in [0.2, 0.25) is 0 Å². The molecule has 0 aliphatic heterocycles. The number of carbonyl (C=O) groups is 2. The van der Waals surface area contributed by atoms with E-state index in [0.717, 1.165) is 9.87 Å². The van der Waals surface area contributed by atoms with Gasteiger partial charge in [-0.2, -0.15) is 0 Å². The van der Waals surface area contributed by atoms with Gasteiger partial charge in [0.2, 0.25) is 11.8 Å². The zero-order valence-electron chi connectivity index (χ0n) is 25.9. The lowest BCUT2D eigenvalue weighted by Crippen LogP contribution is -2.51. The van der Waals surface area contributed by atoms with Crippen LogP contribution in [0.1, 0.15) is 26.3 Å². The number of benzene rings is 4. The third-order valence-electron chi connectivity index (χ3n) is 7.05. The molecule has 9 nitrogen and oxygen atoms in total. The van der Waals surface area contributed by atoms with Crippen LogP contribution in [0.25, 0.3) is 0 Å². The van der Waals surface area contributed by atoms with Crippen molar-refractivity contribution in [2.24, 2.45) is 5.92 Å². The number of nitrogens with zero attached hydrogens (tertiary/aromatic N) is 2. The molecular weight excluding hydrogens is 590 g/mol. The molecule has 236 valence electrons. The topological polar surface area (TPSA) is 105 Å². The van der Waals surface area contributed by atoms with Crippen molar-refractivity contribution in [3.05, 3.63) is 115 Å². The maximum Gasteiger partial charge on any atom is 0.264 e. The number of nitrogens with one attached hydrogen (secondary N) is 1. The number of rotatable bonds is 14. The number of hydrogen-bond acceptors (Lipinski definition) is 6. The number of amides is 2. The molecule has 45 heavy (non-hydrogen) atoms. The van der Waals surface area contributed by atoms with Crippen LogP contribution in [-0.2, 0) is 26.2 Å². The first-order chi connectivity index (χ1) is 21.6. The summed E-state index contributed by atoms with van der Waals surface area (Å²) in [4.78, 5) is 28.8. The minimum Gasteiger partial charge on any atom is -0.497 e. The molecule has 0 spiro atoms. The van der Waals surface area contributed by atoms with E-state index in [1.807, 2.05) is 50.2 Å². The van der Waals surface area contributed by atoms with E-state index in [1.165, 1.54) is 17.0 Å². The Morgan fingerprint density at radius 1 is 0.778 bits per heavy atom. The molecule has 4 aromatic rings. The fourth-order valence-electron chi connectivity index (χ4n) is 4.56. The van der Waals surface area contributed by atoms with Gasteiger partial charge in [0.1, 0.15) is 29.8 Å². The monoisotopic (exact) mass is 629 g/mol. The fourth-order valence-corrected chi connectivity index (χ4v) is 5.99. The van der Waals surface area contributed by atoms with Gasteiger partial charge in [-0.1, -0.05) is 62.4 Å². The Labute approximate surface area is 265 Å². The highest BCUT2D eigenvalue weighted by Crippen LogP contribution is 2.28. The van der Waals surface area contributed by atoms with Crippen LogP contribution in [0, 0.1) is 5.92 Å². The summed E-state index contributed by atoms with van der Waals surface area (Å²) in [6.07, 6.45) is 0. The Morgan fingerprint density at radius 3 is 2.00 bits per heavy atom. The Balaban J connectivity index is 1.69. The van der Waals surface area contributed by atoms with Crippen LogP contribution in [-0.4, -0.2) is 51.4 Å². The molecule has 0 heterocycles. The molecule has 0 saturated heterocycles. The van der Waals surface area contributed by atoms with Crippen molar-refractivity contribution in [3.8, 4) is 17.2 Å². The number of para-hydroxylation sites is 1. The predicted octanol–water partition coefficient (Wildman–Crippen LogP) is 5.87. The number of ether oxygens (including phenoxy) is 2. The minimum absolute atomic E-state index is 0.0319. The first-order valence-electron chi connectivity index (χ1n) is 14.7. The normalized spacial score (nSPS) is 11.8. The zero-order chi connectivity index (χ0) is 32.4. The van der Waals surface area contributed by atoms with E-state index in [2.05, 4.69) is 5.32 Å². The zero-order valence-corrected chi connectivity index (χ0v) is 26.7. The summed E-state index contributed by atoms with van der Waals surface area (Å²) >= 11 is 0. The third kappa shape index (κ3) is 8.86. The molecule has 2 amide bonds. The van der Waals surface area contributed by atoms with Crippen molar-refractivity contribution < 1.29 is 27.5 Å². The minimum atomic E-state index is -4.18. The van der Waals surface area contributed by atoms with Gasteiger partial charge in [0.25, 0.3) is 10.0 Å². The second-order valence-electron chi connectivity index (χ2n) is 10.9. The molecule has 0 unspecified atom stereocenters. The van der Waals surface area contributed by atoms with E-state index in [-0.39, 0.29) is 29.0 Å². The molecular formula is C35H39N3O6S. The maximum absolute atomic E-state index is 14.1. The lowest BCUT2D eigenvalue weighted by Gasteiger charge is -2.32. The van der Waals surface area contributed by atoms with Crippen LogP contribution in [0.5, 0.6) is 17.2 Å². The molecule has 0 radical (unpaired) electrons. The van der Waals surface area contributed by atoms with Crippen molar-refractivity contribution in [3.63, 3.8) is 0 Å². The average molecular weight is 630 g/mol. The molecule has 0 aromatic heterocycles. The summed E-state index contributed by atoms with van der Waals surface area (Å²) in [5, 5.41) is 2.89. The van der Waals surface area contributed by atoms with Crippen molar-refractivity contribution in [1.82, 2.24) is 10.2 Å². The van der Waals surface area contributed by atoms with Crippen LogP contribution in [0.15, 0.2) is 114 Å². The van der Waals surface area contributed by atoms with E-state index in [9.17, 15) is 18.0 Å². The van der Waals surface area contributed by atoms with Gasteiger partial charge in [0.15, 0.2) is 0 Å². The highest BCUT2D eigenvalue weighted by Gasteiger charge is 2.32. The molecule has 10 heteroatoms. The number of anilines is 1. The summed E-state index contributed by atoms with van der Waals surface area (Å²) in [6, 6.07) is 29.9. The molecule has 0 aliphatic rings. The van der Waals surface area contributed by atoms with Crippen molar-refractivity contribution >= 4 is 27.5 Å². The number of sulfonamides is 1. The molecule has 0 fully saturated rings. The molecule has 1 N–H and O–H groups in total. The van der Waals surface area contributed by atoms with Gasteiger partial charge in [0, 0.05) is 13.1 Å². The number of carbonyl (C=O) groups excluding carboxylic acids is 2. The maximum atomic E-state index is 14.1. The molecule has 4 rings (SSSR count). The molecule has 0 bridgehead atoms. The van der Waals surface area contributed by atoms with E-state index in [4.69, 9.17) is 9.47 Å². The summed E-state index contributed by atoms with van der Waals surface area (Å²) < 4.78 is 40.3. The predicted molar refractivity (Wildman–Crippen MR) is 175 cm³/mol. The van der Waals surface area contributed by atoms with Gasteiger partial charge >= 0.3 is 0 Å². The molecule has 1 atom stereocenters.